The van der Waals surface area contributed by atoms with Crippen LogP contribution in [0.2, 0.25) is 0 Å². The van der Waals surface area contributed by atoms with E-state index in [4.69, 9.17) is 0 Å². The molecular formula is C19H25N2OP. The molecule has 1 fully saturated rings. The maximum atomic E-state index is 14.0. The second-order valence-corrected chi connectivity index (χ2v) is 8.76. The summed E-state index contributed by atoms with van der Waals surface area (Å²) in [7, 11) is -0.940. The lowest BCUT2D eigenvalue weighted by atomic mass is 9.96. The van der Waals surface area contributed by atoms with Crippen molar-refractivity contribution in [2.75, 3.05) is 11.7 Å². The third-order valence-electron chi connectivity index (χ3n) is 4.62. The van der Waals surface area contributed by atoms with Crippen molar-refractivity contribution in [2.24, 2.45) is 0 Å². The summed E-state index contributed by atoms with van der Waals surface area (Å²) in [4.78, 5) is 0. The van der Waals surface area contributed by atoms with E-state index in [2.05, 4.69) is 5.09 Å². The van der Waals surface area contributed by atoms with Crippen LogP contribution in [-0.4, -0.2) is 13.1 Å². The first-order chi connectivity index (χ1) is 11.2. The zero-order valence-electron chi connectivity index (χ0n) is 13.7. The molecule has 1 atom stereocenters. The van der Waals surface area contributed by atoms with Crippen LogP contribution in [0.1, 0.15) is 32.1 Å². The molecule has 1 saturated carbocycles. The largest absolute Gasteiger partial charge is 0.311 e. The number of anilines is 1. The Hall–Kier alpha value is -1.57. The van der Waals surface area contributed by atoms with Gasteiger partial charge in [-0.05, 0) is 37.1 Å². The summed E-state index contributed by atoms with van der Waals surface area (Å²) in [5.41, 5.74) is 0.975. The van der Waals surface area contributed by atoms with E-state index in [9.17, 15) is 4.57 Å². The molecule has 0 spiro atoms. The second kappa shape index (κ2) is 7.33. The molecule has 0 aromatic heterocycles. The lowest BCUT2D eigenvalue weighted by molar-refractivity contribution is 0.413. The lowest BCUT2D eigenvalue weighted by Crippen LogP contribution is -2.38. The Morgan fingerprint density at radius 2 is 1.48 bits per heavy atom. The highest BCUT2D eigenvalue weighted by Crippen LogP contribution is 2.47. The Kier molecular flexibility index (Phi) is 5.20. The predicted molar refractivity (Wildman–Crippen MR) is 98.5 cm³/mol. The minimum atomic E-state index is -2.87. The molecule has 122 valence electrons. The van der Waals surface area contributed by atoms with Gasteiger partial charge in [0.2, 0.25) is 0 Å². The summed E-state index contributed by atoms with van der Waals surface area (Å²) in [6, 6.07) is 20.1. The maximum absolute atomic E-state index is 14.0. The number of rotatable bonds is 5. The maximum Gasteiger partial charge on any atom is 0.266 e. The molecule has 0 bridgehead atoms. The van der Waals surface area contributed by atoms with Crippen molar-refractivity contribution in [1.29, 1.82) is 0 Å². The SMILES string of the molecule is CN(c1ccccc1)P(=O)(NC1CCCCC1)c1ccccc1. The molecule has 0 aliphatic heterocycles. The van der Waals surface area contributed by atoms with Gasteiger partial charge in [-0.1, -0.05) is 55.7 Å². The Balaban J connectivity index is 1.94. The third kappa shape index (κ3) is 3.68. The predicted octanol–water partition coefficient (Wildman–Crippen LogP) is 4.56. The zero-order chi connectivity index (χ0) is 16.1. The summed E-state index contributed by atoms with van der Waals surface area (Å²) in [6.45, 7) is 0. The van der Waals surface area contributed by atoms with Crippen molar-refractivity contribution < 1.29 is 4.57 Å². The van der Waals surface area contributed by atoms with Gasteiger partial charge in [0.1, 0.15) is 0 Å². The van der Waals surface area contributed by atoms with E-state index in [1.54, 1.807) is 0 Å². The Morgan fingerprint density at radius 1 is 0.913 bits per heavy atom. The number of hydrogen-bond donors (Lipinski definition) is 1. The van der Waals surface area contributed by atoms with E-state index in [0.717, 1.165) is 23.8 Å². The van der Waals surface area contributed by atoms with Gasteiger partial charge in [-0.15, -0.1) is 0 Å². The van der Waals surface area contributed by atoms with Gasteiger partial charge >= 0.3 is 0 Å². The molecule has 0 heterocycles. The Bertz CT molecular complexity index is 654. The molecule has 3 rings (SSSR count). The van der Waals surface area contributed by atoms with Crippen LogP contribution in [0.15, 0.2) is 60.7 Å². The molecule has 0 amide bonds. The number of hydrogen-bond acceptors (Lipinski definition) is 1. The fourth-order valence-corrected chi connectivity index (χ4v) is 5.71. The van der Waals surface area contributed by atoms with Gasteiger partial charge in [0, 0.05) is 24.1 Å². The molecule has 1 aliphatic carbocycles. The standard InChI is InChI=1S/C19H25N2OP/c1-21(18-13-7-3-8-14-18)23(22,19-15-9-4-10-16-19)20-17-11-5-2-6-12-17/h3-4,7-10,13-17H,2,5-6,11-12H2,1H3,(H,20,22). The fraction of sp³-hybridized carbons (Fsp3) is 0.368. The second-order valence-electron chi connectivity index (χ2n) is 6.23. The Labute approximate surface area is 139 Å². The molecule has 4 heteroatoms. The van der Waals surface area contributed by atoms with Crippen molar-refractivity contribution in [1.82, 2.24) is 5.09 Å². The first kappa shape index (κ1) is 16.3. The van der Waals surface area contributed by atoms with Gasteiger partial charge in [-0.2, -0.15) is 0 Å². The van der Waals surface area contributed by atoms with E-state index in [0.29, 0.717) is 6.04 Å². The quantitative estimate of drug-likeness (QED) is 0.817. The summed E-state index contributed by atoms with van der Waals surface area (Å²) >= 11 is 0. The highest BCUT2D eigenvalue weighted by molar-refractivity contribution is 7.71. The number of nitrogens with one attached hydrogen (secondary N) is 1. The van der Waals surface area contributed by atoms with Crippen molar-refractivity contribution in [2.45, 2.75) is 38.1 Å². The monoisotopic (exact) mass is 328 g/mol. The summed E-state index contributed by atoms with van der Waals surface area (Å²) < 4.78 is 15.9. The normalized spacial score (nSPS) is 18.3. The summed E-state index contributed by atoms with van der Waals surface area (Å²) in [5, 5.41) is 4.40. The molecule has 1 unspecified atom stereocenters. The van der Waals surface area contributed by atoms with Crippen LogP contribution < -0.4 is 15.1 Å². The minimum absolute atomic E-state index is 0.334. The smallest absolute Gasteiger partial charge is 0.266 e. The first-order valence-electron chi connectivity index (χ1n) is 8.43. The molecule has 1 N–H and O–H groups in total. The van der Waals surface area contributed by atoms with E-state index in [1.807, 2.05) is 72.4 Å². The van der Waals surface area contributed by atoms with E-state index >= 15 is 0 Å². The molecule has 23 heavy (non-hydrogen) atoms. The summed E-state index contributed by atoms with van der Waals surface area (Å²) in [6.07, 6.45) is 5.96. The number of nitrogens with zero attached hydrogens (tertiary/aromatic N) is 1. The van der Waals surface area contributed by atoms with E-state index in [-0.39, 0.29) is 0 Å². The lowest BCUT2D eigenvalue weighted by Gasteiger charge is -2.35. The molecule has 0 radical (unpaired) electrons. The van der Waals surface area contributed by atoms with Gasteiger partial charge < -0.3 is 4.67 Å². The molecule has 2 aromatic rings. The van der Waals surface area contributed by atoms with E-state index < -0.39 is 7.44 Å². The van der Waals surface area contributed by atoms with Crippen LogP contribution in [0.25, 0.3) is 0 Å². The van der Waals surface area contributed by atoms with Crippen LogP contribution in [0.3, 0.4) is 0 Å². The van der Waals surface area contributed by atoms with E-state index in [1.165, 1.54) is 19.3 Å². The van der Waals surface area contributed by atoms with Gasteiger partial charge in [0.25, 0.3) is 7.44 Å². The van der Waals surface area contributed by atoms with Crippen molar-refractivity contribution >= 4 is 18.4 Å². The molecule has 3 nitrogen and oxygen atoms in total. The molecule has 0 saturated heterocycles. The third-order valence-corrected chi connectivity index (χ3v) is 7.41. The van der Waals surface area contributed by atoms with Gasteiger partial charge in [-0.25, -0.2) is 5.09 Å². The number of benzene rings is 2. The van der Waals surface area contributed by atoms with Crippen LogP contribution in [0.5, 0.6) is 0 Å². The fourth-order valence-electron chi connectivity index (χ4n) is 3.25. The van der Waals surface area contributed by atoms with Crippen LogP contribution in [-0.2, 0) is 4.57 Å². The van der Waals surface area contributed by atoms with Gasteiger partial charge in [-0.3, -0.25) is 4.57 Å². The van der Waals surface area contributed by atoms with Gasteiger partial charge in [0.05, 0.1) is 0 Å². The van der Waals surface area contributed by atoms with Crippen LogP contribution >= 0.6 is 7.44 Å². The minimum Gasteiger partial charge on any atom is -0.311 e. The molecule has 1 aliphatic rings. The topological polar surface area (TPSA) is 32.3 Å². The average Bonchev–Trinajstić information content (AvgIpc) is 2.63. The van der Waals surface area contributed by atoms with Gasteiger partial charge in [0.15, 0.2) is 0 Å². The molecular weight excluding hydrogens is 303 g/mol. The first-order valence-corrected chi connectivity index (χ1v) is 10.1. The highest BCUT2D eigenvalue weighted by Gasteiger charge is 2.33. The average molecular weight is 328 g/mol. The highest BCUT2D eigenvalue weighted by atomic mass is 31.2. The molecule has 2 aromatic carbocycles. The summed E-state index contributed by atoms with van der Waals surface area (Å²) in [5.74, 6) is 0. The zero-order valence-corrected chi connectivity index (χ0v) is 14.6. The van der Waals surface area contributed by atoms with Crippen molar-refractivity contribution in [3.63, 3.8) is 0 Å². The van der Waals surface area contributed by atoms with Crippen LogP contribution in [0.4, 0.5) is 5.69 Å². The van der Waals surface area contributed by atoms with Crippen LogP contribution in [0, 0.1) is 0 Å². The van der Waals surface area contributed by atoms with Crippen molar-refractivity contribution in [3.8, 4) is 0 Å². The number of para-hydroxylation sites is 1. The Morgan fingerprint density at radius 3 is 2.09 bits per heavy atom. The van der Waals surface area contributed by atoms with Crippen molar-refractivity contribution in [3.05, 3.63) is 60.7 Å².